The van der Waals surface area contributed by atoms with Crippen LogP contribution in [0.25, 0.3) is 0 Å². The van der Waals surface area contributed by atoms with Gasteiger partial charge in [-0.15, -0.1) is 0 Å². The molecule has 0 spiro atoms. The molecule has 68 valence electrons. The zero-order chi connectivity index (χ0) is 9.02. The summed E-state index contributed by atoms with van der Waals surface area (Å²) in [5, 5.41) is 0. The lowest BCUT2D eigenvalue weighted by Gasteiger charge is -2.20. The Kier molecular flexibility index (Phi) is 4.71. The van der Waals surface area contributed by atoms with E-state index in [1.807, 2.05) is 6.92 Å². The van der Waals surface area contributed by atoms with E-state index in [9.17, 15) is 4.39 Å². The average Bonchev–Trinajstić information content (AvgIpc) is 1.87. The molecule has 3 atom stereocenters. The predicted molar refractivity (Wildman–Crippen MR) is 48.4 cm³/mol. The third kappa shape index (κ3) is 4.39. The lowest BCUT2D eigenvalue weighted by molar-refractivity contribution is 0.213. The molecule has 0 fully saturated rings. The van der Waals surface area contributed by atoms with Gasteiger partial charge in [0.1, 0.15) is 0 Å². The van der Waals surface area contributed by atoms with Crippen molar-refractivity contribution in [3.8, 4) is 0 Å². The van der Waals surface area contributed by atoms with E-state index in [2.05, 4.69) is 20.8 Å². The summed E-state index contributed by atoms with van der Waals surface area (Å²) in [5.41, 5.74) is 0. The molecule has 0 aliphatic heterocycles. The molecule has 0 saturated carbocycles. The Hall–Kier alpha value is -0.0700. The first-order chi connectivity index (χ1) is 4.95. The number of hydrogen-bond donors (Lipinski definition) is 0. The molecular formula is C10H21F. The third-order valence-corrected chi connectivity index (χ3v) is 2.67. The van der Waals surface area contributed by atoms with Crippen LogP contribution in [-0.2, 0) is 0 Å². The van der Waals surface area contributed by atoms with Crippen molar-refractivity contribution in [1.82, 2.24) is 0 Å². The van der Waals surface area contributed by atoms with Crippen LogP contribution in [0.3, 0.4) is 0 Å². The van der Waals surface area contributed by atoms with Crippen molar-refractivity contribution in [3.05, 3.63) is 0 Å². The van der Waals surface area contributed by atoms with Crippen molar-refractivity contribution < 1.29 is 4.39 Å². The molecule has 0 bridgehead atoms. The molecule has 0 radical (unpaired) electrons. The van der Waals surface area contributed by atoms with Crippen LogP contribution >= 0.6 is 0 Å². The van der Waals surface area contributed by atoms with E-state index in [0.717, 1.165) is 6.42 Å². The summed E-state index contributed by atoms with van der Waals surface area (Å²) >= 11 is 0. The quantitative estimate of drug-likeness (QED) is 0.588. The maximum Gasteiger partial charge on any atom is 0.0999 e. The molecule has 0 aromatic heterocycles. The SMILES string of the molecule is CC(C)C(C)CC(C)C(C)F. The summed E-state index contributed by atoms with van der Waals surface area (Å²) < 4.78 is 12.7. The molecule has 0 N–H and O–H groups in total. The topological polar surface area (TPSA) is 0 Å². The van der Waals surface area contributed by atoms with Gasteiger partial charge >= 0.3 is 0 Å². The number of halogens is 1. The fraction of sp³-hybridized carbons (Fsp3) is 1.00. The van der Waals surface area contributed by atoms with Gasteiger partial charge in [0.15, 0.2) is 0 Å². The van der Waals surface area contributed by atoms with E-state index in [4.69, 9.17) is 0 Å². The van der Waals surface area contributed by atoms with E-state index in [0.29, 0.717) is 11.8 Å². The second-order valence-electron chi connectivity index (χ2n) is 4.11. The third-order valence-electron chi connectivity index (χ3n) is 2.67. The minimum Gasteiger partial charge on any atom is -0.248 e. The predicted octanol–water partition coefficient (Wildman–Crippen LogP) is 3.66. The Balaban J connectivity index is 3.66. The minimum absolute atomic E-state index is 0.215. The number of hydrogen-bond acceptors (Lipinski definition) is 0. The normalized spacial score (nSPS) is 19.9. The van der Waals surface area contributed by atoms with E-state index in [1.165, 1.54) is 0 Å². The lowest BCUT2D eigenvalue weighted by atomic mass is 9.87. The summed E-state index contributed by atoms with van der Waals surface area (Å²) in [7, 11) is 0. The largest absolute Gasteiger partial charge is 0.248 e. The van der Waals surface area contributed by atoms with Crippen molar-refractivity contribution in [2.45, 2.75) is 47.2 Å². The second-order valence-corrected chi connectivity index (χ2v) is 4.11. The maximum absolute atomic E-state index is 12.7. The van der Waals surface area contributed by atoms with Crippen molar-refractivity contribution in [1.29, 1.82) is 0 Å². The molecule has 0 aromatic rings. The van der Waals surface area contributed by atoms with Crippen LogP contribution in [0.4, 0.5) is 4.39 Å². The summed E-state index contributed by atoms with van der Waals surface area (Å²) in [4.78, 5) is 0. The van der Waals surface area contributed by atoms with Gasteiger partial charge in [0.05, 0.1) is 6.17 Å². The monoisotopic (exact) mass is 160 g/mol. The van der Waals surface area contributed by atoms with Gasteiger partial charge in [0.2, 0.25) is 0 Å². The molecule has 0 aromatic carbocycles. The van der Waals surface area contributed by atoms with Crippen LogP contribution in [0.5, 0.6) is 0 Å². The van der Waals surface area contributed by atoms with Gasteiger partial charge in [0, 0.05) is 0 Å². The van der Waals surface area contributed by atoms with E-state index < -0.39 is 6.17 Å². The first kappa shape index (κ1) is 10.9. The highest BCUT2D eigenvalue weighted by atomic mass is 19.1. The minimum atomic E-state index is -0.656. The summed E-state index contributed by atoms with van der Waals surface area (Å²) in [6.45, 7) is 10.2. The Morgan fingerprint density at radius 2 is 1.36 bits per heavy atom. The van der Waals surface area contributed by atoms with Crippen LogP contribution in [-0.4, -0.2) is 6.17 Å². The fourth-order valence-electron chi connectivity index (χ4n) is 1.05. The maximum atomic E-state index is 12.7. The lowest BCUT2D eigenvalue weighted by Crippen LogP contribution is -2.15. The van der Waals surface area contributed by atoms with Gasteiger partial charge in [-0.3, -0.25) is 0 Å². The Bertz CT molecular complexity index is 85.0. The molecule has 0 aliphatic rings. The van der Waals surface area contributed by atoms with Crippen LogP contribution in [0.15, 0.2) is 0 Å². The zero-order valence-corrected chi connectivity index (χ0v) is 8.39. The van der Waals surface area contributed by atoms with Crippen LogP contribution in [0.1, 0.15) is 41.0 Å². The van der Waals surface area contributed by atoms with Gasteiger partial charge in [-0.1, -0.05) is 27.7 Å². The van der Waals surface area contributed by atoms with E-state index in [1.54, 1.807) is 6.92 Å². The second kappa shape index (κ2) is 4.74. The van der Waals surface area contributed by atoms with E-state index >= 15 is 0 Å². The Morgan fingerprint density at radius 3 is 1.64 bits per heavy atom. The highest BCUT2D eigenvalue weighted by Gasteiger charge is 2.16. The highest BCUT2D eigenvalue weighted by Crippen LogP contribution is 2.22. The van der Waals surface area contributed by atoms with Crippen molar-refractivity contribution in [2.24, 2.45) is 17.8 Å². The summed E-state index contributed by atoms with van der Waals surface area (Å²) in [6.07, 6.45) is 0.353. The fourth-order valence-corrected chi connectivity index (χ4v) is 1.05. The molecule has 1 heteroatoms. The van der Waals surface area contributed by atoms with Crippen molar-refractivity contribution in [3.63, 3.8) is 0 Å². The van der Waals surface area contributed by atoms with E-state index in [-0.39, 0.29) is 5.92 Å². The molecule has 3 unspecified atom stereocenters. The van der Waals surface area contributed by atoms with Gasteiger partial charge in [-0.25, -0.2) is 4.39 Å². The smallest absolute Gasteiger partial charge is 0.0999 e. The highest BCUT2D eigenvalue weighted by molar-refractivity contribution is 4.66. The molecule has 0 nitrogen and oxygen atoms in total. The number of alkyl halides is 1. The van der Waals surface area contributed by atoms with Crippen LogP contribution in [0.2, 0.25) is 0 Å². The van der Waals surface area contributed by atoms with Crippen molar-refractivity contribution >= 4 is 0 Å². The zero-order valence-electron chi connectivity index (χ0n) is 8.39. The molecule has 0 heterocycles. The van der Waals surface area contributed by atoms with Crippen LogP contribution < -0.4 is 0 Å². The summed E-state index contributed by atoms with van der Waals surface area (Å²) in [6, 6.07) is 0. The van der Waals surface area contributed by atoms with Gasteiger partial charge in [0.25, 0.3) is 0 Å². The van der Waals surface area contributed by atoms with Crippen LogP contribution in [0, 0.1) is 17.8 Å². The molecule has 0 rings (SSSR count). The Labute approximate surface area is 70.2 Å². The molecule has 0 amide bonds. The van der Waals surface area contributed by atoms with Crippen molar-refractivity contribution in [2.75, 3.05) is 0 Å². The molecular weight excluding hydrogens is 139 g/mol. The first-order valence-electron chi connectivity index (χ1n) is 4.59. The average molecular weight is 160 g/mol. The van der Waals surface area contributed by atoms with Gasteiger partial charge < -0.3 is 0 Å². The Morgan fingerprint density at radius 1 is 0.909 bits per heavy atom. The first-order valence-corrected chi connectivity index (χ1v) is 4.59. The standard InChI is InChI=1S/C10H21F/c1-7(2)8(3)6-9(4)10(5)11/h7-10H,6H2,1-5H3. The number of rotatable bonds is 4. The summed E-state index contributed by atoms with van der Waals surface area (Å²) in [5.74, 6) is 1.53. The van der Waals surface area contributed by atoms with Gasteiger partial charge in [-0.05, 0) is 31.1 Å². The molecule has 0 aliphatic carbocycles. The molecule has 0 saturated heterocycles. The van der Waals surface area contributed by atoms with Gasteiger partial charge in [-0.2, -0.15) is 0 Å². The molecule has 11 heavy (non-hydrogen) atoms.